The Hall–Kier alpha value is -1.11. The fraction of sp³-hybridized carbons (Fsp3) is 0.462. The smallest absolute Gasteiger partial charge is 0.141 e. The first-order chi connectivity index (χ1) is 8.15. The predicted molar refractivity (Wildman–Crippen MR) is 63.2 cm³/mol. The molecule has 17 heavy (non-hydrogen) atoms. The minimum absolute atomic E-state index is 0.114. The summed E-state index contributed by atoms with van der Waals surface area (Å²) in [7, 11) is 0. The van der Waals surface area contributed by atoms with E-state index in [9.17, 15) is 9.65 Å². The third-order valence-corrected chi connectivity index (χ3v) is 3.50. The van der Waals surface area contributed by atoms with Gasteiger partial charge in [0.1, 0.15) is 5.82 Å². The van der Waals surface area contributed by atoms with Crippen LogP contribution in [-0.2, 0) is 11.2 Å². The molecule has 0 radical (unpaired) electrons. The van der Waals surface area contributed by atoms with Crippen LogP contribution in [0.4, 0.5) is 4.39 Å². The molecule has 1 aliphatic rings. The van der Waals surface area contributed by atoms with Crippen molar-refractivity contribution in [3.05, 3.63) is 34.6 Å². The number of benzene rings is 1. The highest BCUT2D eigenvalue weighted by Gasteiger charge is 2.32. The maximum atomic E-state index is 13.0. The lowest BCUT2D eigenvalue weighted by Gasteiger charge is -2.30. The van der Waals surface area contributed by atoms with Gasteiger partial charge in [-0.1, -0.05) is 17.7 Å². The molecule has 1 heterocycles. The van der Waals surface area contributed by atoms with Gasteiger partial charge in [0, 0.05) is 13.2 Å². The summed E-state index contributed by atoms with van der Waals surface area (Å²) in [5.74, 6) is -0.423. The Morgan fingerprint density at radius 2 is 2.12 bits per heavy atom. The van der Waals surface area contributed by atoms with Crippen molar-refractivity contribution in [3.63, 3.8) is 0 Å². The number of nitrogens with zero attached hydrogens (tertiary/aromatic N) is 1. The zero-order valence-electron chi connectivity index (χ0n) is 9.38. The number of hydrogen-bond acceptors (Lipinski definition) is 2. The first kappa shape index (κ1) is 12.3. The molecule has 0 aliphatic carbocycles. The third kappa shape index (κ3) is 2.77. The average Bonchev–Trinajstić information content (AvgIpc) is 2.35. The van der Waals surface area contributed by atoms with Crippen molar-refractivity contribution in [1.82, 2.24) is 0 Å². The summed E-state index contributed by atoms with van der Waals surface area (Å²) in [6.45, 7) is 1.23. The van der Waals surface area contributed by atoms with E-state index in [1.807, 2.05) is 0 Å². The van der Waals surface area contributed by atoms with Crippen LogP contribution in [0.5, 0.6) is 0 Å². The van der Waals surface area contributed by atoms with Crippen LogP contribution in [0, 0.1) is 22.6 Å². The van der Waals surface area contributed by atoms with Crippen LogP contribution >= 0.6 is 11.6 Å². The Morgan fingerprint density at radius 1 is 1.41 bits per heavy atom. The number of hydrogen-bond donors (Lipinski definition) is 0. The molecule has 0 spiro atoms. The topological polar surface area (TPSA) is 33.0 Å². The van der Waals surface area contributed by atoms with Gasteiger partial charge in [-0.3, -0.25) is 0 Å². The van der Waals surface area contributed by atoms with E-state index in [0.29, 0.717) is 19.6 Å². The third-order valence-electron chi connectivity index (χ3n) is 3.21. The van der Waals surface area contributed by atoms with Crippen LogP contribution in [0.1, 0.15) is 18.4 Å². The standard InChI is InChI=1S/C13H13ClFNO/c14-11-7-10(1-2-12(11)15)8-13(9-16)3-5-17-6-4-13/h1-2,7H,3-6,8H2. The van der Waals surface area contributed by atoms with Crippen LogP contribution in [0.15, 0.2) is 18.2 Å². The van der Waals surface area contributed by atoms with Crippen molar-refractivity contribution in [2.24, 2.45) is 5.41 Å². The highest BCUT2D eigenvalue weighted by molar-refractivity contribution is 6.30. The van der Waals surface area contributed by atoms with Crippen LogP contribution in [0.25, 0.3) is 0 Å². The van der Waals surface area contributed by atoms with Crippen molar-refractivity contribution in [1.29, 1.82) is 5.26 Å². The van der Waals surface area contributed by atoms with Gasteiger partial charge in [0.2, 0.25) is 0 Å². The molecular formula is C13H13ClFNO. The molecule has 1 aromatic carbocycles. The zero-order valence-corrected chi connectivity index (χ0v) is 10.1. The van der Waals surface area contributed by atoms with Gasteiger partial charge in [0.25, 0.3) is 0 Å². The summed E-state index contributed by atoms with van der Waals surface area (Å²) in [4.78, 5) is 0. The van der Waals surface area contributed by atoms with Crippen molar-refractivity contribution in [2.45, 2.75) is 19.3 Å². The second kappa shape index (κ2) is 5.03. The average molecular weight is 254 g/mol. The van der Waals surface area contributed by atoms with Crippen molar-refractivity contribution in [2.75, 3.05) is 13.2 Å². The van der Waals surface area contributed by atoms with Gasteiger partial charge in [-0.2, -0.15) is 5.26 Å². The summed E-state index contributed by atoms with van der Waals surface area (Å²) < 4.78 is 18.3. The van der Waals surface area contributed by atoms with Gasteiger partial charge < -0.3 is 4.74 Å². The number of nitriles is 1. The molecule has 0 aromatic heterocycles. The van der Waals surface area contributed by atoms with Gasteiger partial charge in [-0.05, 0) is 37.0 Å². The molecule has 2 nitrogen and oxygen atoms in total. The van der Waals surface area contributed by atoms with Gasteiger partial charge in [-0.25, -0.2) is 4.39 Å². The number of halogens is 2. The van der Waals surface area contributed by atoms with E-state index in [0.717, 1.165) is 18.4 Å². The first-order valence-electron chi connectivity index (χ1n) is 5.58. The second-order valence-electron chi connectivity index (χ2n) is 4.43. The minimum atomic E-state index is -0.423. The van der Waals surface area contributed by atoms with E-state index < -0.39 is 5.82 Å². The molecule has 1 aliphatic heterocycles. The number of rotatable bonds is 2. The van der Waals surface area contributed by atoms with E-state index >= 15 is 0 Å². The van der Waals surface area contributed by atoms with Crippen molar-refractivity contribution >= 4 is 11.6 Å². The van der Waals surface area contributed by atoms with Crippen LogP contribution in [0.3, 0.4) is 0 Å². The SMILES string of the molecule is N#CC1(Cc2ccc(F)c(Cl)c2)CCOCC1. The fourth-order valence-corrected chi connectivity index (χ4v) is 2.33. The maximum Gasteiger partial charge on any atom is 0.141 e. The van der Waals surface area contributed by atoms with Crippen LogP contribution in [0.2, 0.25) is 5.02 Å². The summed E-state index contributed by atoms with van der Waals surface area (Å²) in [6, 6.07) is 7.03. The monoisotopic (exact) mass is 253 g/mol. The number of ether oxygens (including phenoxy) is 1. The van der Waals surface area contributed by atoms with Gasteiger partial charge in [0.15, 0.2) is 0 Å². The molecule has 0 atom stereocenters. The zero-order chi connectivity index (χ0) is 12.3. The summed E-state index contributed by atoms with van der Waals surface area (Å²) in [6.07, 6.45) is 2.05. The quantitative estimate of drug-likeness (QED) is 0.810. The molecule has 0 saturated carbocycles. The van der Waals surface area contributed by atoms with Crippen molar-refractivity contribution < 1.29 is 9.13 Å². The van der Waals surface area contributed by atoms with Gasteiger partial charge in [-0.15, -0.1) is 0 Å². The Labute approximate surface area is 105 Å². The fourth-order valence-electron chi connectivity index (χ4n) is 2.13. The van der Waals surface area contributed by atoms with Crippen LogP contribution < -0.4 is 0 Å². The Morgan fingerprint density at radius 3 is 2.71 bits per heavy atom. The molecule has 90 valence electrons. The Bertz CT molecular complexity index is 449. The van der Waals surface area contributed by atoms with E-state index in [1.54, 1.807) is 12.1 Å². The molecule has 2 rings (SSSR count). The second-order valence-corrected chi connectivity index (χ2v) is 4.84. The largest absolute Gasteiger partial charge is 0.381 e. The van der Waals surface area contributed by atoms with E-state index in [1.165, 1.54) is 6.07 Å². The maximum absolute atomic E-state index is 13.0. The summed E-state index contributed by atoms with van der Waals surface area (Å²) in [5.41, 5.74) is 0.513. The lowest BCUT2D eigenvalue weighted by Crippen LogP contribution is -2.30. The Kier molecular flexibility index (Phi) is 3.66. The molecule has 1 saturated heterocycles. The molecule has 0 unspecified atom stereocenters. The highest BCUT2D eigenvalue weighted by Crippen LogP contribution is 2.34. The van der Waals surface area contributed by atoms with Crippen LogP contribution in [-0.4, -0.2) is 13.2 Å². The van der Waals surface area contributed by atoms with Crippen molar-refractivity contribution in [3.8, 4) is 6.07 Å². The molecule has 0 amide bonds. The summed E-state index contributed by atoms with van der Waals surface area (Å²) in [5, 5.41) is 9.43. The van der Waals surface area contributed by atoms with Gasteiger partial charge >= 0.3 is 0 Å². The van der Waals surface area contributed by atoms with Gasteiger partial charge in [0.05, 0.1) is 16.5 Å². The summed E-state index contributed by atoms with van der Waals surface area (Å²) >= 11 is 5.74. The highest BCUT2D eigenvalue weighted by atomic mass is 35.5. The molecular weight excluding hydrogens is 241 g/mol. The van der Waals surface area contributed by atoms with E-state index in [4.69, 9.17) is 16.3 Å². The predicted octanol–water partition coefficient (Wildman–Crippen LogP) is 3.34. The lowest BCUT2D eigenvalue weighted by atomic mass is 9.76. The minimum Gasteiger partial charge on any atom is -0.381 e. The molecule has 1 fully saturated rings. The lowest BCUT2D eigenvalue weighted by molar-refractivity contribution is 0.0406. The first-order valence-corrected chi connectivity index (χ1v) is 5.96. The van der Waals surface area contributed by atoms with E-state index in [-0.39, 0.29) is 10.4 Å². The molecule has 0 bridgehead atoms. The Balaban J connectivity index is 2.18. The molecule has 4 heteroatoms. The normalized spacial score (nSPS) is 18.6. The van der Waals surface area contributed by atoms with E-state index in [2.05, 4.69) is 6.07 Å². The molecule has 1 aromatic rings. The molecule has 0 N–H and O–H groups in total.